The largest absolute Gasteiger partial charge is 0.524 e. The van der Waals surface area contributed by atoms with Gasteiger partial charge in [0.25, 0.3) is 0 Å². The number of nitrogen functional groups attached to an aromatic ring is 1. The second-order valence-corrected chi connectivity index (χ2v) is 9.72. The Kier molecular flexibility index (Phi) is 7.49. The second kappa shape index (κ2) is 10.6. The number of hydrogen-bond acceptors (Lipinski definition) is 7. The predicted molar refractivity (Wildman–Crippen MR) is 140 cm³/mol. The minimum absolute atomic E-state index is 0.0546. The number of rotatable bonds is 10. The molecule has 0 fully saturated rings. The number of hydrogen-bond donors (Lipinski definition) is 5. The lowest BCUT2D eigenvalue weighted by Gasteiger charge is -2.16. The van der Waals surface area contributed by atoms with Gasteiger partial charge in [0.05, 0.1) is 17.6 Å². The number of nitrogens with one attached hydrogen (secondary N) is 1. The SMILES string of the molecule is C=CC(=O)NCc1ccc2c(c1)nc(N)c1nc(CCCC)n(Cc3cc(O)ccc3OP(=O)(O)O)c12. The molecule has 0 atom stereocenters. The van der Waals surface area contributed by atoms with Crippen molar-refractivity contribution in [3.8, 4) is 11.5 Å². The number of fused-ring (bicyclic) bond motifs is 3. The zero-order chi connectivity index (χ0) is 26.7. The van der Waals surface area contributed by atoms with Crippen LogP contribution in [0.15, 0.2) is 49.1 Å². The number of nitrogens with two attached hydrogens (primary N) is 1. The van der Waals surface area contributed by atoms with Gasteiger partial charge in [-0.05, 0) is 42.3 Å². The van der Waals surface area contributed by atoms with Gasteiger partial charge in [0, 0.05) is 23.9 Å². The number of nitrogens with zero attached hydrogens (tertiary/aromatic N) is 3. The maximum absolute atomic E-state index is 11.6. The number of carbonyl (C=O) groups excluding carboxylic acids is 1. The van der Waals surface area contributed by atoms with Gasteiger partial charge < -0.3 is 25.2 Å². The van der Waals surface area contributed by atoms with Crippen molar-refractivity contribution >= 4 is 41.5 Å². The van der Waals surface area contributed by atoms with Crippen LogP contribution in [0.25, 0.3) is 21.9 Å². The van der Waals surface area contributed by atoms with Crippen LogP contribution in [0.2, 0.25) is 0 Å². The maximum atomic E-state index is 11.6. The van der Waals surface area contributed by atoms with Gasteiger partial charge in [-0.3, -0.25) is 14.6 Å². The summed E-state index contributed by atoms with van der Waals surface area (Å²) >= 11 is 0. The minimum Gasteiger partial charge on any atom is -0.508 e. The Bertz CT molecular complexity index is 1540. The standard InChI is InChI=1S/C25H28N5O6P/c1-3-5-6-21-29-23-24(30(21)14-16-12-17(31)8-10-20(16)36-37(33,34)35)18-9-7-15(13-27-22(32)4-2)11-19(18)28-25(23)26/h4,7-12,31H,2-3,5-6,13-14H2,1H3,(H2,26,28)(H,27,32)(H2,33,34,35). The van der Waals surface area contributed by atoms with Gasteiger partial charge in [0.2, 0.25) is 5.91 Å². The average Bonchev–Trinajstić information content (AvgIpc) is 3.20. The summed E-state index contributed by atoms with van der Waals surface area (Å²) in [5, 5.41) is 13.6. The van der Waals surface area contributed by atoms with Gasteiger partial charge in [0.15, 0.2) is 5.82 Å². The van der Waals surface area contributed by atoms with Gasteiger partial charge in [0.1, 0.15) is 22.8 Å². The summed E-state index contributed by atoms with van der Waals surface area (Å²) in [5.74, 6) is 0.520. The topological polar surface area (TPSA) is 173 Å². The molecule has 194 valence electrons. The van der Waals surface area contributed by atoms with Crippen LogP contribution >= 0.6 is 7.82 Å². The van der Waals surface area contributed by atoms with E-state index in [4.69, 9.17) is 15.2 Å². The summed E-state index contributed by atoms with van der Waals surface area (Å²) in [6.45, 7) is 5.90. The summed E-state index contributed by atoms with van der Waals surface area (Å²) in [7, 11) is -4.84. The van der Waals surface area contributed by atoms with E-state index in [1.807, 2.05) is 22.8 Å². The summed E-state index contributed by atoms with van der Waals surface area (Å²) < 4.78 is 18.4. The van der Waals surface area contributed by atoms with E-state index >= 15 is 0 Å². The Morgan fingerprint density at radius 2 is 2.03 bits per heavy atom. The van der Waals surface area contributed by atoms with Crippen molar-refractivity contribution in [1.29, 1.82) is 0 Å². The molecule has 0 unspecified atom stereocenters. The first-order chi connectivity index (χ1) is 17.6. The number of imidazole rings is 1. The smallest absolute Gasteiger partial charge is 0.508 e. The molecule has 37 heavy (non-hydrogen) atoms. The molecule has 2 heterocycles. The summed E-state index contributed by atoms with van der Waals surface area (Å²) in [4.78, 5) is 39.6. The molecule has 0 aliphatic rings. The highest BCUT2D eigenvalue weighted by Gasteiger charge is 2.22. The zero-order valence-corrected chi connectivity index (χ0v) is 21.1. The van der Waals surface area contributed by atoms with Gasteiger partial charge in [-0.25, -0.2) is 14.5 Å². The molecular weight excluding hydrogens is 497 g/mol. The molecule has 6 N–H and O–H groups in total. The first kappa shape index (κ1) is 26.2. The Morgan fingerprint density at radius 1 is 1.24 bits per heavy atom. The molecule has 0 saturated carbocycles. The molecular formula is C25H28N5O6P. The highest BCUT2D eigenvalue weighted by Crippen LogP contribution is 2.41. The van der Waals surface area contributed by atoms with Crippen LogP contribution in [0.3, 0.4) is 0 Å². The number of aromatic nitrogens is 3. The lowest BCUT2D eigenvalue weighted by Crippen LogP contribution is -2.19. The van der Waals surface area contributed by atoms with Crippen LogP contribution in [0.5, 0.6) is 11.5 Å². The average molecular weight is 526 g/mol. The number of anilines is 1. The summed E-state index contributed by atoms with van der Waals surface area (Å²) in [5.41, 5.74) is 9.29. The molecule has 0 bridgehead atoms. The van der Waals surface area contributed by atoms with E-state index in [2.05, 4.69) is 23.8 Å². The summed E-state index contributed by atoms with van der Waals surface area (Å²) in [6.07, 6.45) is 3.61. The molecule has 2 aromatic carbocycles. The zero-order valence-electron chi connectivity index (χ0n) is 20.2. The van der Waals surface area contributed by atoms with Crippen molar-refractivity contribution < 1.29 is 28.8 Å². The van der Waals surface area contributed by atoms with Crippen molar-refractivity contribution in [2.24, 2.45) is 0 Å². The molecule has 0 radical (unpaired) electrons. The first-order valence-electron chi connectivity index (χ1n) is 11.6. The third-order valence-corrected chi connectivity index (χ3v) is 6.28. The van der Waals surface area contributed by atoms with Crippen molar-refractivity contribution in [2.75, 3.05) is 5.73 Å². The number of aromatic hydroxyl groups is 1. The number of phosphoric ester groups is 1. The monoisotopic (exact) mass is 525 g/mol. The number of phenols is 1. The Labute approximate surface area is 212 Å². The molecule has 0 spiro atoms. The fourth-order valence-electron chi connectivity index (χ4n) is 4.15. The number of phosphoric acid groups is 1. The van der Waals surface area contributed by atoms with Crippen molar-refractivity contribution in [3.05, 3.63) is 66.0 Å². The quantitative estimate of drug-likeness (QED) is 0.153. The molecule has 11 nitrogen and oxygen atoms in total. The molecule has 0 aliphatic heterocycles. The number of pyridine rings is 1. The van der Waals surface area contributed by atoms with Crippen LogP contribution in [0.1, 0.15) is 36.7 Å². The summed E-state index contributed by atoms with van der Waals surface area (Å²) in [6, 6.07) is 9.57. The molecule has 0 aliphatic carbocycles. The van der Waals surface area contributed by atoms with Crippen molar-refractivity contribution in [3.63, 3.8) is 0 Å². The Morgan fingerprint density at radius 3 is 2.73 bits per heavy atom. The number of amides is 1. The lowest BCUT2D eigenvalue weighted by atomic mass is 10.1. The second-order valence-electron chi connectivity index (χ2n) is 8.56. The number of carbonyl (C=O) groups is 1. The van der Waals surface area contributed by atoms with Gasteiger partial charge >= 0.3 is 7.82 Å². The fraction of sp³-hybridized carbons (Fsp3) is 0.240. The highest BCUT2D eigenvalue weighted by molar-refractivity contribution is 7.46. The molecule has 4 rings (SSSR count). The normalized spacial score (nSPS) is 11.6. The first-order valence-corrected chi connectivity index (χ1v) is 13.2. The van der Waals surface area contributed by atoms with E-state index in [0.717, 1.165) is 23.8 Å². The number of benzene rings is 2. The third-order valence-electron chi connectivity index (χ3n) is 5.84. The van der Waals surface area contributed by atoms with Gasteiger partial charge in [-0.2, -0.15) is 0 Å². The van der Waals surface area contributed by atoms with E-state index in [9.17, 15) is 24.3 Å². The molecule has 4 aromatic rings. The minimum atomic E-state index is -4.84. The maximum Gasteiger partial charge on any atom is 0.524 e. The Hall–Kier alpha value is -3.92. The van der Waals surface area contributed by atoms with Crippen LogP contribution in [-0.4, -0.2) is 35.3 Å². The van der Waals surface area contributed by atoms with E-state index in [-0.39, 0.29) is 36.3 Å². The van der Waals surface area contributed by atoms with Crippen molar-refractivity contribution in [2.45, 2.75) is 39.3 Å². The molecule has 0 saturated heterocycles. The highest BCUT2D eigenvalue weighted by atomic mass is 31.2. The van der Waals surface area contributed by atoms with E-state index in [0.29, 0.717) is 34.4 Å². The van der Waals surface area contributed by atoms with Crippen molar-refractivity contribution in [1.82, 2.24) is 19.9 Å². The number of phenolic OH excluding ortho intramolecular Hbond substituents is 1. The van der Waals surface area contributed by atoms with Crippen LogP contribution in [0, 0.1) is 0 Å². The number of unbranched alkanes of at least 4 members (excludes halogenated alkanes) is 1. The molecule has 12 heteroatoms. The predicted octanol–water partition coefficient (Wildman–Crippen LogP) is 3.54. The lowest BCUT2D eigenvalue weighted by molar-refractivity contribution is -0.116. The van der Waals surface area contributed by atoms with Crippen LogP contribution in [0.4, 0.5) is 5.82 Å². The van der Waals surface area contributed by atoms with Gasteiger partial charge in [-0.1, -0.05) is 32.1 Å². The van der Waals surface area contributed by atoms with Crippen LogP contribution < -0.4 is 15.6 Å². The van der Waals surface area contributed by atoms with E-state index in [1.54, 1.807) is 0 Å². The molecule has 1 amide bonds. The Balaban J connectivity index is 1.88. The third kappa shape index (κ3) is 5.91. The molecule has 2 aromatic heterocycles. The van der Waals surface area contributed by atoms with E-state index < -0.39 is 7.82 Å². The fourth-order valence-corrected chi connectivity index (χ4v) is 4.58. The van der Waals surface area contributed by atoms with Crippen LogP contribution in [-0.2, 0) is 28.9 Å². The number of aryl methyl sites for hydroxylation is 1. The van der Waals surface area contributed by atoms with E-state index in [1.165, 1.54) is 24.3 Å². The van der Waals surface area contributed by atoms with Gasteiger partial charge in [-0.15, -0.1) is 0 Å².